The fourth-order valence-corrected chi connectivity index (χ4v) is 5.41. The second-order valence-electron chi connectivity index (χ2n) is 8.82. The second-order valence-corrected chi connectivity index (χ2v) is 9.68. The van der Waals surface area contributed by atoms with E-state index in [2.05, 4.69) is 45.0 Å². The summed E-state index contributed by atoms with van der Waals surface area (Å²) in [5.74, 6) is 1.57. The van der Waals surface area contributed by atoms with Crippen LogP contribution in [0.25, 0.3) is 21.3 Å². The van der Waals surface area contributed by atoms with Gasteiger partial charge in [-0.15, -0.1) is 11.3 Å². The summed E-state index contributed by atoms with van der Waals surface area (Å²) in [6.45, 7) is 4.84. The number of hydrogen-bond donors (Lipinski definition) is 2. The number of fused-ring (bicyclic) bond motifs is 1. The van der Waals surface area contributed by atoms with Crippen LogP contribution in [0.4, 0.5) is 11.8 Å². The lowest BCUT2D eigenvalue weighted by Gasteiger charge is -2.32. The molecule has 1 amide bonds. The van der Waals surface area contributed by atoms with Crippen LogP contribution < -0.4 is 15.5 Å². The van der Waals surface area contributed by atoms with E-state index in [1.165, 1.54) is 0 Å². The molecule has 1 aromatic carbocycles. The van der Waals surface area contributed by atoms with Gasteiger partial charge in [-0.3, -0.25) is 9.78 Å². The Kier molecular flexibility index (Phi) is 7.18. The maximum Gasteiger partial charge on any atom is 0.228 e. The Morgan fingerprint density at radius 3 is 2.80 bits per heavy atom. The Balaban J connectivity index is 1.49. The summed E-state index contributed by atoms with van der Waals surface area (Å²) in [6, 6.07) is 16.3. The molecule has 8 heteroatoms. The first-order valence-electron chi connectivity index (χ1n) is 12.2. The molecule has 0 radical (unpaired) electrons. The molecule has 1 atom stereocenters. The van der Waals surface area contributed by atoms with Gasteiger partial charge in [0.1, 0.15) is 10.6 Å². The van der Waals surface area contributed by atoms with Gasteiger partial charge >= 0.3 is 0 Å². The van der Waals surface area contributed by atoms with Crippen LogP contribution in [0.1, 0.15) is 31.9 Å². The number of aromatic nitrogens is 3. The van der Waals surface area contributed by atoms with Gasteiger partial charge in [0.25, 0.3) is 0 Å². The van der Waals surface area contributed by atoms with Crippen molar-refractivity contribution < 1.29 is 4.79 Å². The number of amides is 1. The number of nitrogens with zero attached hydrogens (tertiary/aromatic N) is 4. The van der Waals surface area contributed by atoms with Crippen molar-refractivity contribution >= 4 is 39.2 Å². The minimum Gasteiger partial charge on any atom is -0.364 e. The van der Waals surface area contributed by atoms with Crippen LogP contribution in [-0.4, -0.2) is 40.5 Å². The average Bonchev–Trinajstić information content (AvgIpc) is 3.36. The average molecular weight is 487 g/mol. The summed E-state index contributed by atoms with van der Waals surface area (Å²) in [6.07, 6.45) is 4.59. The monoisotopic (exact) mass is 486 g/mol. The lowest BCUT2D eigenvalue weighted by molar-refractivity contribution is -0.125. The molecule has 0 saturated carbocycles. The predicted octanol–water partition coefficient (Wildman–Crippen LogP) is 5.11. The molecule has 35 heavy (non-hydrogen) atoms. The van der Waals surface area contributed by atoms with E-state index in [9.17, 15) is 4.79 Å². The summed E-state index contributed by atoms with van der Waals surface area (Å²) in [5, 5.41) is 9.76. The van der Waals surface area contributed by atoms with Crippen molar-refractivity contribution in [3.8, 4) is 11.1 Å². The van der Waals surface area contributed by atoms with E-state index in [1.54, 1.807) is 17.5 Å². The molecule has 1 saturated heterocycles. The molecular weight excluding hydrogens is 456 g/mol. The number of carbonyl (C=O) groups is 1. The van der Waals surface area contributed by atoms with Gasteiger partial charge in [-0.1, -0.05) is 43.3 Å². The lowest BCUT2D eigenvalue weighted by Crippen LogP contribution is -2.43. The fraction of sp³-hybridized carbons (Fsp3) is 0.333. The van der Waals surface area contributed by atoms with E-state index in [0.29, 0.717) is 19.0 Å². The molecule has 2 N–H and O–H groups in total. The Hall–Kier alpha value is -3.52. The molecule has 7 nitrogen and oxygen atoms in total. The standard InChI is InChI=1S/C27H30N6OS/c1-2-13-29-25(34)20-11-8-15-33(17-20)27-31-24(30-16-21-12-6-7-14-28-21)23-22(18-35-26(23)32-27)19-9-4-3-5-10-19/h3-7,9-10,12,14,18,20H,2,8,11,13,15-17H2,1H3,(H,29,34)(H,30,31,32)/t20-/m0/s1. The summed E-state index contributed by atoms with van der Waals surface area (Å²) in [7, 11) is 0. The van der Waals surface area contributed by atoms with Gasteiger partial charge in [0.15, 0.2) is 0 Å². The minimum atomic E-state index is -0.0391. The predicted molar refractivity (Wildman–Crippen MR) is 143 cm³/mol. The van der Waals surface area contributed by atoms with Crippen LogP contribution in [0.5, 0.6) is 0 Å². The molecular formula is C27H30N6OS. The van der Waals surface area contributed by atoms with Crippen molar-refractivity contribution in [2.24, 2.45) is 5.92 Å². The lowest BCUT2D eigenvalue weighted by atomic mass is 9.97. The molecule has 180 valence electrons. The molecule has 0 bridgehead atoms. The molecule has 1 aliphatic rings. The van der Waals surface area contributed by atoms with Gasteiger partial charge in [-0.05, 0) is 37.0 Å². The zero-order valence-corrected chi connectivity index (χ0v) is 20.7. The Labute approximate surface area is 209 Å². The number of hydrogen-bond acceptors (Lipinski definition) is 7. The normalized spacial score (nSPS) is 15.8. The summed E-state index contributed by atoms with van der Waals surface area (Å²) in [4.78, 5) is 30.2. The number of pyridine rings is 1. The fourth-order valence-electron chi connectivity index (χ4n) is 4.47. The zero-order chi connectivity index (χ0) is 24.0. The second kappa shape index (κ2) is 10.8. The minimum absolute atomic E-state index is 0.0391. The number of benzene rings is 1. The summed E-state index contributed by atoms with van der Waals surface area (Å²) >= 11 is 1.63. The van der Waals surface area contributed by atoms with E-state index in [4.69, 9.17) is 9.97 Å². The summed E-state index contributed by atoms with van der Waals surface area (Å²) < 4.78 is 0. The molecule has 1 fully saturated rings. The van der Waals surface area contributed by atoms with E-state index in [1.807, 2.05) is 36.4 Å². The Morgan fingerprint density at radius 1 is 1.14 bits per heavy atom. The topological polar surface area (TPSA) is 83.0 Å². The van der Waals surface area contributed by atoms with Crippen LogP contribution >= 0.6 is 11.3 Å². The van der Waals surface area contributed by atoms with E-state index < -0.39 is 0 Å². The number of rotatable bonds is 8. The molecule has 0 spiro atoms. The zero-order valence-electron chi connectivity index (χ0n) is 19.9. The third-order valence-electron chi connectivity index (χ3n) is 6.29. The first-order chi connectivity index (χ1) is 17.2. The highest BCUT2D eigenvalue weighted by Gasteiger charge is 2.28. The quantitative estimate of drug-likeness (QED) is 0.360. The largest absolute Gasteiger partial charge is 0.364 e. The SMILES string of the molecule is CCCNC(=O)[C@H]1CCCN(c2nc(NCc3ccccn3)c3c(-c4ccccc4)csc3n2)C1. The van der Waals surface area contributed by atoms with Gasteiger partial charge in [0, 0.05) is 36.8 Å². The first-order valence-corrected chi connectivity index (χ1v) is 13.1. The molecule has 0 unspecified atom stereocenters. The number of nitrogens with one attached hydrogen (secondary N) is 2. The third kappa shape index (κ3) is 5.27. The van der Waals surface area contributed by atoms with Crippen molar-refractivity contribution in [1.29, 1.82) is 0 Å². The van der Waals surface area contributed by atoms with Crippen LogP contribution in [0.15, 0.2) is 60.1 Å². The van der Waals surface area contributed by atoms with Gasteiger partial charge in [0.05, 0.1) is 23.5 Å². The van der Waals surface area contributed by atoms with E-state index in [0.717, 1.165) is 65.2 Å². The molecule has 4 aromatic rings. The molecule has 3 aromatic heterocycles. The van der Waals surface area contributed by atoms with Crippen LogP contribution in [-0.2, 0) is 11.3 Å². The van der Waals surface area contributed by atoms with Gasteiger partial charge < -0.3 is 15.5 Å². The molecule has 5 rings (SSSR count). The number of piperidine rings is 1. The maximum absolute atomic E-state index is 12.6. The highest BCUT2D eigenvalue weighted by Crippen LogP contribution is 2.38. The number of anilines is 2. The van der Waals surface area contributed by atoms with Gasteiger partial charge in [-0.2, -0.15) is 4.98 Å². The van der Waals surface area contributed by atoms with Gasteiger partial charge in [0.2, 0.25) is 11.9 Å². The van der Waals surface area contributed by atoms with Gasteiger partial charge in [-0.25, -0.2) is 4.98 Å². The van der Waals surface area contributed by atoms with Crippen LogP contribution in [0.3, 0.4) is 0 Å². The Bertz CT molecular complexity index is 1280. The van der Waals surface area contributed by atoms with E-state index in [-0.39, 0.29) is 11.8 Å². The van der Waals surface area contributed by atoms with Crippen molar-refractivity contribution in [1.82, 2.24) is 20.3 Å². The first kappa shape index (κ1) is 23.2. The third-order valence-corrected chi connectivity index (χ3v) is 7.17. The molecule has 0 aliphatic carbocycles. The highest BCUT2D eigenvalue weighted by molar-refractivity contribution is 7.17. The highest BCUT2D eigenvalue weighted by atomic mass is 32.1. The maximum atomic E-state index is 12.6. The van der Waals surface area contributed by atoms with E-state index >= 15 is 0 Å². The molecule has 1 aliphatic heterocycles. The van der Waals surface area contributed by atoms with Crippen molar-refractivity contribution in [3.05, 3.63) is 65.8 Å². The smallest absolute Gasteiger partial charge is 0.228 e. The Morgan fingerprint density at radius 2 is 2.00 bits per heavy atom. The number of carbonyl (C=O) groups excluding carboxylic acids is 1. The molecule has 4 heterocycles. The van der Waals surface area contributed by atoms with Crippen molar-refractivity contribution in [2.75, 3.05) is 29.9 Å². The van der Waals surface area contributed by atoms with Crippen LogP contribution in [0, 0.1) is 5.92 Å². The summed E-state index contributed by atoms with van der Waals surface area (Å²) in [5.41, 5.74) is 3.21. The van der Waals surface area contributed by atoms with Crippen molar-refractivity contribution in [2.45, 2.75) is 32.7 Å². The van der Waals surface area contributed by atoms with Crippen molar-refractivity contribution in [3.63, 3.8) is 0 Å². The number of thiophene rings is 1. The van der Waals surface area contributed by atoms with Crippen LogP contribution in [0.2, 0.25) is 0 Å².